The van der Waals surface area contributed by atoms with E-state index in [2.05, 4.69) is 0 Å². The largest absolute Gasteiger partial charge is 0.227 e. The number of nitroso groups, excluding NO2 is 1. The van der Waals surface area contributed by atoms with Gasteiger partial charge in [0, 0.05) is 23.1 Å². The Hall–Kier alpha value is -1.44. The minimum atomic E-state index is 0.621. The predicted molar refractivity (Wildman–Crippen MR) is 44.4 cm³/mol. The van der Waals surface area contributed by atoms with E-state index in [9.17, 15) is 4.91 Å². The SMILES string of the molecule is C/C(=C\c1ccccc1)[NH+]=O. The van der Waals surface area contributed by atoms with Crippen LogP contribution in [0.15, 0.2) is 36.0 Å². The second kappa shape index (κ2) is 3.66. The fourth-order valence-corrected chi connectivity index (χ4v) is 0.829. The van der Waals surface area contributed by atoms with Crippen LogP contribution in [0.1, 0.15) is 12.5 Å². The molecule has 0 amide bonds. The Bertz CT molecular complexity index is 264. The third-order valence-corrected chi connectivity index (χ3v) is 1.34. The van der Waals surface area contributed by atoms with Crippen LogP contribution in [0.5, 0.6) is 0 Å². The van der Waals surface area contributed by atoms with Crippen molar-refractivity contribution in [3.05, 3.63) is 46.5 Å². The Labute approximate surface area is 65.5 Å². The molecule has 0 saturated carbocycles. The molecule has 56 valence electrons. The quantitative estimate of drug-likeness (QED) is 0.663. The average Bonchev–Trinajstić information content (AvgIpc) is 2.06. The van der Waals surface area contributed by atoms with Crippen LogP contribution in [-0.4, -0.2) is 0 Å². The average molecular weight is 148 g/mol. The molecule has 0 unspecified atom stereocenters. The van der Waals surface area contributed by atoms with E-state index in [0.29, 0.717) is 5.70 Å². The molecule has 11 heavy (non-hydrogen) atoms. The van der Waals surface area contributed by atoms with Gasteiger partial charge in [-0.05, 0) is 5.56 Å². The van der Waals surface area contributed by atoms with E-state index in [1.54, 1.807) is 13.0 Å². The number of benzene rings is 1. The minimum absolute atomic E-state index is 0.621. The number of allylic oxidation sites excluding steroid dienone is 1. The highest BCUT2D eigenvalue weighted by molar-refractivity contribution is 5.49. The van der Waals surface area contributed by atoms with Gasteiger partial charge >= 0.3 is 0 Å². The van der Waals surface area contributed by atoms with Crippen LogP contribution in [0.3, 0.4) is 0 Å². The number of hydrogen-bond acceptors (Lipinski definition) is 1. The Balaban J connectivity index is 2.87. The Morgan fingerprint density at radius 1 is 1.36 bits per heavy atom. The van der Waals surface area contributed by atoms with Gasteiger partial charge in [0.15, 0.2) is 0 Å². The second-order valence-corrected chi connectivity index (χ2v) is 2.34. The van der Waals surface area contributed by atoms with Crippen molar-refractivity contribution < 1.29 is 5.18 Å². The fraction of sp³-hybridized carbons (Fsp3) is 0.111. The lowest BCUT2D eigenvalue weighted by Crippen LogP contribution is -2.60. The lowest BCUT2D eigenvalue weighted by atomic mass is 10.2. The van der Waals surface area contributed by atoms with Gasteiger partial charge in [0.2, 0.25) is 5.70 Å². The zero-order valence-electron chi connectivity index (χ0n) is 6.37. The maximum atomic E-state index is 10.1. The Morgan fingerprint density at radius 2 is 2.00 bits per heavy atom. The number of hydrogen-bond donors (Lipinski definition) is 1. The summed E-state index contributed by atoms with van der Waals surface area (Å²) in [5.74, 6) is 0. The van der Waals surface area contributed by atoms with Gasteiger partial charge in [0.25, 0.3) is 0 Å². The van der Waals surface area contributed by atoms with Gasteiger partial charge in [-0.1, -0.05) is 30.3 Å². The molecule has 1 N–H and O–H groups in total. The molecule has 0 bridgehead atoms. The zero-order valence-corrected chi connectivity index (χ0v) is 6.37. The molecule has 0 fully saturated rings. The van der Waals surface area contributed by atoms with Crippen molar-refractivity contribution >= 4 is 6.08 Å². The highest BCUT2D eigenvalue weighted by atomic mass is 16.3. The molecule has 0 aliphatic rings. The third kappa shape index (κ3) is 2.34. The highest BCUT2D eigenvalue weighted by Crippen LogP contribution is 2.01. The van der Waals surface area contributed by atoms with E-state index in [-0.39, 0.29) is 0 Å². The van der Waals surface area contributed by atoms with E-state index in [1.165, 1.54) is 0 Å². The summed E-state index contributed by atoms with van der Waals surface area (Å²) in [5.41, 5.74) is 1.66. The molecule has 2 nitrogen and oxygen atoms in total. The first-order chi connectivity index (χ1) is 5.33. The van der Waals surface area contributed by atoms with Crippen molar-refractivity contribution in [2.24, 2.45) is 0 Å². The van der Waals surface area contributed by atoms with Crippen molar-refractivity contribution in [3.63, 3.8) is 0 Å². The van der Waals surface area contributed by atoms with Crippen LogP contribution >= 0.6 is 0 Å². The minimum Gasteiger partial charge on any atom is -0.0622 e. The van der Waals surface area contributed by atoms with Crippen molar-refractivity contribution in [3.8, 4) is 0 Å². The molecule has 0 aliphatic heterocycles. The van der Waals surface area contributed by atoms with Gasteiger partial charge in [0.1, 0.15) is 0 Å². The van der Waals surface area contributed by atoms with E-state index >= 15 is 0 Å². The van der Waals surface area contributed by atoms with Gasteiger partial charge in [-0.15, -0.1) is 0 Å². The summed E-state index contributed by atoms with van der Waals surface area (Å²) in [7, 11) is 0. The number of rotatable bonds is 2. The topological polar surface area (TPSA) is 31.0 Å². The maximum absolute atomic E-state index is 10.1. The third-order valence-electron chi connectivity index (χ3n) is 1.34. The predicted octanol–water partition coefficient (Wildman–Crippen LogP) is 0.894. The molecule has 0 aliphatic carbocycles. The van der Waals surface area contributed by atoms with Crippen LogP contribution in [0.25, 0.3) is 6.08 Å². The van der Waals surface area contributed by atoms with Crippen LogP contribution in [0, 0.1) is 4.91 Å². The van der Waals surface area contributed by atoms with Gasteiger partial charge in [-0.2, -0.15) is 0 Å². The standard InChI is InChI=1S/C9H9NO/c1-8(10-11)7-9-5-3-2-4-6-9/h2-7H,1H3/p+1/b8-7+. The van der Waals surface area contributed by atoms with Crippen LogP contribution in [-0.2, 0) is 0 Å². The Kier molecular flexibility index (Phi) is 2.55. The maximum Gasteiger partial charge on any atom is 0.227 e. The fourth-order valence-electron chi connectivity index (χ4n) is 0.829. The summed E-state index contributed by atoms with van der Waals surface area (Å²) >= 11 is 0. The molecule has 0 saturated heterocycles. The van der Waals surface area contributed by atoms with Gasteiger partial charge in [-0.25, -0.2) is 0 Å². The van der Waals surface area contributed by atoms with Crippen LogP contribution in [0.4, 0.5) is 0 Å². The van der Waals surface area contributed by atoms with E-state index in [4.69, 9.17) is 0 Å². The molecule has 0 radical (unpaired) electrons. The molecule has 1 aromatic carbocycles. The molecule has 0 spiro atoms. The molecule has 0 aromatic heterocycles. The van der Waals surface area contributed by atoms with Gasteiger partial charge < -0.3 is 0 Å². The highest BCUT2D eigenvalue weighted by Gasteiger charge is 1.92. The first kappa shape index (κ1) is 7.66. The first-order valence-electron chi connectivity index (χ1n) is 3.44. The summed E-state index contributed by atoms with van der Waals surface area (Å²) in [6.07, 6.45) is 1.80. The van der Waals surface area contributed by atoms with Gasteiger partial charge in [-0.3, -0.25) is 0 Å². The second-order valence-electron chi connectivity index (χ2n) is 2.34. The molecular weight excluding hydrogens is 138 g/mol. The van der Waals surface area contributed by atoms with Crippen molar-refractivity contribution in [2.75, 3.05) is 0 Å². The van der Waals surface area contributed by atoms with Crippen molar-refractivity contribution in [1.82, 2.24) is 0 Å². The summed E-state index contributed by atoms with van der Waals surface area (Å²) < 4.78 is 0. The summed E-state index contributed by atoms with van der Waals surface area (Å²) in [6.45, 7) is 1.74. The monoisotopic (exact) mass is 148 g/mol. The van der Waals surface area contributed by atoms with Crippen molar-refractivity contribution in [1.29, 1.82) is 0 Å². The molecule has 0 heterocycles. The molecule has 1 aromatic rings. The first-order valence-corrected chi connectivity index (χ1v) is 3.44. The lowest BCUT2D eigenvalue weighted by molar-refractivity contribution is -0.419. The van der Waals surface area contributed by atoms with E-state index in [1.807, 2.05) is 35.5 Å². The van der Waals surface area contributed by atoms with E-state index < -0.39 is 0 Å². The molecule has 1 rings (SSSR count). The summed E-state index contributed by atoms with van der Waals surface area (Å²) in [5, 5.41) is 1.82. The van der Waals surface area contributed by atoms with Gasteiger partial charge in [0.05, 0.1) is 0 Å². The number of nitrogens with one attached hydrogen (secondary N) is 1. The Morgan fingerprint density at radius 3 is 2.55 bits per heavy atom. The normalized spacial score (nSPS) is 11.2. The van der Waals surface area contributed by atoms with Crippen LogP contribution in [0.2, 0.25) is 0 Å². The molecule has 0 atom stereocenters. The van der Waals surface area contributed by atoms with Crippen LogP contribution < -0.4 is 5.18 Å². The van der Waals surface area contributed by atoms with E-state index in [0.717, 1.165) is 5.56 Å². The zero-order chi connectivity index (χ0) is 8.10. The lowest BCUT2D eigenvalue weighted by Gasteiger charge is -1.87. The van der Waals surface area contributed by atoms with Crippen molar-refractivity contribution in [2.45, 2.75) is 6.92 Å². The molecule has 2 heteroatoms. The smallest absolute Gasteiger partial charge is 0.0622 e. The summed E-state index contributed by atoms with van der Waals surface area (Å²) in [6, 6.07) is 9.70. The summed E-state index contributed by atoms with van der Waals surface area (Å²) in [4.78, 5) is 10.1. The molecular formula is C9H10NO+.